The zero-order chi connectivity index (χ0) is 48.6. The van der Waals surface area contributed by atoms with E-state index in [1.807, 2.05) is 18.9 Å². The smallest absolute Gasteiger partial charge is 0.306 e. The van der Waals surface area contributed by atoms with Crippen molar-refractivity contribution in [1.29, 1.82) is 0 Å². The number of aromatic nitrogens is 1. The van der Waals surface area contributed by atoms with Gasteiger partial charge in [-0.15, -0.1) is 0 Å². The highest BCUT2D eigenvalue weighted by molar-refractivity contribution is 5.84. The molecule has 3 aromatic rings. The Morgan fingerprint density at radius 3 is 1.71 bits per heavy atom. The second-order valence-corrected chi connectivity index (χ2v) is 20.2. The molecule has 1 aliphatic heterocycles. The number of ketones is 1. The molecule has 1 amide bonds. The molecular weight excluding hydrogens is 815 g/mol. The number of carbonyl (C=O) groups is 4. The average molecular weight is 898 g/mol. The van der Waals surface area contributed by atoms with Gasteiger partial charge >= 0.3 is 11.9 Å². The van der Waals surface area contributed by atoms with Crippen LogP contribution in [0.2, 0.25) is 0 Å². The number of methoxy groups -OCH3 is 2. The van der Waals surface area contributed by atoms with Crippen LogP contribution in [0.1, 0.15) is 174 Å². The molecule has 1 aliphatic carbocycles. The quantitative estimate of drug-likeness (QED) is 0.124. The Labute approximate surface area is 391 Å². The fourth-order valence-corrected chi connectivity index (χ4v) is 10.6. The summed E-state index contributed by atoms with van der Waals surface area (Å²) in [5.74, 6) is 3.08. The van der Waals surface area contributed by atoms with Crippen molar-refractivity contribution in [3.8, 4) is 0 Å². The number of ether oxygens (including phenoxy) is 2. The maximum absolute atomic E-state index is 13.2. The lowest BCUT2D eigenvalue weighted by Gasteiger charge is -2.30. The van der Waals surface area contributed by atoms with E-state index in [1.54, 1.807) is 0 Å². The molecule has 2 fully saturated rings. The molecule has 5 rings (SSSR count). The van der Waals surface area contributed by atoms with Gasteiger partial charge in [0.05, 0.1) is 26.3 Å². The Balaban J connectivity index is 0.000000285. The van der Waals surface area contributed by atoms with Crippen LogP contribution in [0, 0.1) is 99.8 Å². The van der Waals surface area contributed by atoms with Crippen molar-refractivity contribution in [2.45, 2.75) is 186 Å². The van der Waals surface area contributed by atoms with Crippen LogP contribution in [0.4, 0.5) is 0 Å². The molecule has 360 valence electrons. The summed E-state index contributed by atoms with van der Waals surface area (Å²) < 4.78 is 15.4. The van der Waals surface area contributed by atoms with Crippen molar-refractivity contribution >= 4 is 23.6 Å². The first-order valence-electron chi connectivity index (χ1n) is 24.2. The monoisotopic (exact) mass is 898 g/mol. The number of nitrogens with zero attached hydrogens (tertiary/aromatic N) is 2. The third-order valence-electron chi connectivity index (χ3n) is 16.3. The first-order valence-corrected chi connectivity index (χ1v) is 24.2. The van der Waals surface area contributed by atoms with Gasteiger partial charge in [-0.25, -0.2) is 0 Å². The maximum Gasteiger partial charge on any atom is 0.306 e. The summed E-state index contributed by atoms with van der Waals surface area (Å²) in [6.07, 6.45) is 6.51. The number of Topliss-reactive ketones (excluding diaryl/α,β-unsaturated/α-hetero) is 1. The molecule has 1 N–H and O–H groups in total. The summed E-state index contributed by atoms with van der Waals surface area (Å²) in [4.78, 5) is 52.0. The maximum atomic E-state index is 13.2. The SMILES string of the molecule is COC(=O)CCC[C@@H](CCC(=O)N(C)Cc1c(C)c(C)c(C)c(C)c1C)[C@H]1NC[C@@H](C)[C@H]1C.COC(=O)C[C@@H](CC(=O)Cc1c(C)c(C)c(C)c(C)c1C)c1noc(C2CC(C)C2)c1C. The van der Waals surface area contributed by atoms with Gasteiger partial charge in [-0.1, -0.05) is 25.9 Å². The summed E-state index contributed by atoms with van der Waals surface area (Å²) >= 11 is 0. The largest absolute Gasteiger partial charge is 0.469 e. The molecule has 5 atom stereocenters. The van der Waals surface area contributed by atoms with Crippen molar-refractivity contribution in [2.24, 2.45) is 23.7 Å². The van der Waals surface area contributed by atoms with Gasteiger partial charge in [0.15, 0.2) is 0 Å². The Bertz CT molecular complexity index is 2120. The van der Waals surface area contributed by atoms with Gasteiger partial charge in [-0.2, -0.15) is 0 Å². The summed E-state index contributed by atoms with van der Waals surface area (Å²) in [7, 11) is 4.75. The number of hydrogen-bond donors (Lipinski definition) is 1. The number of nitrogens with one attached hydrogen (secondary N) is 1. The van der Waals surface area contributed by atoms with Crippen LogP contribution in [0.15, 0.2) is 4.52 Å². The number of hydrogen-bond acceptors (Lipinski definition) is 9. The summed E-state index contributed by atoms with van der Waals surface area (Å²) in [6, 6.07) is 0.405. The summed E-state index contributed by atoms with van der Waals surface area (Å²) in [5.41, 5.74) is 16.8. The second-order valence-electron chi connectivity index (χ2n) is 20.2. The van der Waals surface area contributed by atoms with E-state index in [0.29, 0.717) is 61.4 Å². The van der Waals surface area contributed by atoms with Gasteiger partial charge in [0.25, 0.3) is 0 Å². The average Bonchev–Trinajstić information content (AvgIpc) is 3.82. The molecule has 1 saturated carbocycles. The van der Waals surface area contributed by atoms with Crippen LogP contribution < -0.4 is 5.32 Å². The highest BCUT2D eigenvalue weighted by atomic mass is 16.5. The molecule has 1 saturated heterocycles. The second kappa shape index (κ2) is 23.4. The Morgan fingerprint density at radius 1 is 0.692 bits per heavy atom. The van der Waals surface area contributed by atoms with E-state index >= 15 is 0 Å². The summed E-state index contributed by atoms with van der Waals surface area (Å²) in [6.45, 7) is 32.0. The highest BCUT2D eigenvalue weighted by Gasteiger charge is 2.36. The lowest BCUT2D eigenvalue weighted by Crippen LogP contribution is -2.36. The van der Waals surface area contributed by atoms with Gasteiger partial charge < -0.3 is 24.2 Å². The Kier molecular flexibility index (Phi) is 19.2. The lowest BCUT2D eigenvalue weighted by molar-refractivity contribution is -0.142. The minimum Gasteiger partial charge on any atom is -0.469 e. The minimum absolute atomic E-state index is 0.106. The van der Waals surface area contributed by atoms with Crippen molar-refractivity contribution in [3.05, 3.63) is 83.8 Å². The molecule has 2 aliphatic rings. The number of esters is 2. The summed E-state index contributed by atoms with van der Waals surface area (Å²) in [5, 5.41) is 8.02. The minimum atomic E-state index is -0.335. The zero-order valence-corrected chi connectivity index (χ0v) is 43.3. The van der Waals surface area contributed by atoms with Crippen LogP contribution in [0.25, 0.3) is 0 Å². The van der Waals surface area contributed by atoms with Crippen LogP contribution in [-0.4, -0.2) is 67.5 Å². The fourth-order valence-electron chi connectivity index (χ4n) is 10.6. The van der Waals surface area contributed by atoms with E-state index in [1.165, 1.54) is 75.4 Å². The Hall–Kier alpha value is -4.31. The van der Waals surface area contributed by atoms with Crippen molar-refractivity contribution in [1.82, 2.24) is 15.4 Å². The molecule has 10 nitrogen and oxygen atoms in total. The molecule has 10 heteroatoms. The molecule has 0 unspecified atom stereocenters. The van der Waals surface area contributed by atoms with E-state index in [-0.39, 0.29) is 42.4 Å². The van der Waals surface area contributed by atoms with Crippen LogP contribution in [0.3, 0.4) is 0 Å². The van der Waals surface area contributed by atoms with E-state index in [0.717, 1.165) is 61.2 Å². The van der Waals surface area contributed by atoms with Crippen molar-refractivity contribution in [3.63, 3.8) is 0 Å². The standard InChI is InChI=1S/C28H46N2O3.C27H37NO4/c1-17-15-29-28(18(17)2)24(11-10-12-27(32)33-9)13-14-26(31)30(8)16-25-22(6)20(4)19(3)21(5)23(25)7;1-14-9-22(10-14)27-20(7)26(28-32-27)21(12-25(30)31-8)11-23(29)13-24-18(5)16(3)15(2)17(4)19(24)6/h17-18,24,28-29H,10-16H2,1-9H3;14,21-22H,9-13H2,1-8H3/t17-,18-,24+,28+;14?,21-,22?/m11/s1. The van der Waals surface area contributed by atoms with Crippen molar-refractivity contribution < 1.29 is 33.2 Å². The van der Waals surface area contributed by atoms with Crippen molar-refractivity contribution in [2.75, 3.05) is 27.8 Å². The molecular formula is C55H83N3O7. The van der Waals surface area contributed by atoms with E-state index < -0.39 is 0 Å². The first-order chi connectivity index (χ1) is 30.5. The molecule has 1 aromatic heterocycles. The van der Waals surface area contributed by atoms with Gasteiger partial charge in [-0.05, 0) is 205 Å². The zero-order valence-electron chi connectivity index (χ0n) is 43.3. The van der Waals surface area contributed by atoms with E-state index in [4.69, 9.17) is 14.0 Å². The molecule has 0 radical (unpaired) electrons. The molecule has 2 heterocycles. The lowest BCUT2D eigenvalue weighted by atomic mass is 9.73. The van der Waals surface area contributed by atoms with Gasteiger partial charge in [0.1, 0.15) is 11.5 Å². The predicted molar refractivity (Wildman–Crippen MR) is 261 cm³/mol. The van der Waals surface area contributed by atoms with Gasteiger partial charge in [-0.3, -0.25) is 19.2 Å². The normalized spacial score (nSPS) is 20.0. The van der Waals surface area contributed by atoms with Crippen LogP contribution in [-0.2, 0) is 41.6 Å². The third-order valence-corrected chi connectivity index (χ3v) is 16.3. The Morgan fingerprint density at radius 2 is 1.22 bits per heavy atom. The highest BCUT2D eigenvalue weighted by Crippen LogP contribution is 2.44. The topological polar surface area (TPSA) is 128 Å². The van der Waals surface area contributed by atoms with Crippen LogP contribution >= 0.6 is 0 Å². The first kappa shape index (κ1) is 53.3. The number of amides is 1. The number of rotatable bonds is 18. The van der Waals surface area contributed by atoms with E-state index in [2.05, 4.69) is 100 Å². The predicted octanol–water partition coefficient (Wildman–Crippen LogP) is 11.1. The van der Waals surface area contributed by atoms with Gasteiger partial charge in [0, 0.05) is 62.7 Å². The number of benzene rings is 2. The third kappa shape index (κ3) is 12.8. The molecule has 0 spiro atoms. The van der Waals surface area contributed by atoms with Gasteiger partial charge in [0.2, 0.25) is 5.91 Å². The fraction of sp³-hybridized carbons (Fsp3) is 0.655. The molecule has 2 aromatic carbocycles. The van der Waals surface area contributed by atoms with E-state index in [9.17, 15) is 19.2 Å². The number of carbonyl (C=O) groups excluding carboxylic acids is 4. The molecule has 0 bridgehead atoms. The van der Waals surface area contributed by atoms with Crippen LogP contribution in [0.5, 0.6) is 0 Å². The molecule has 65 heavy (non-hydrogen) atoms.